The number of hydrogen-bond acceptors (Lipinski definition) is 10. The Labute approximate surface area is 203 Å². The van der Waals surface area contributed by atoms with Crippen molar-refractivity contribution in [2.45, 2.75) is 26.1 Å². The molecule has 1 fully saturated rings. The van der Waals surface area contributed by atoms with Crippen molar-refractivity contribution in [3.8, 4) is 11.8 Å². The van der Waals surface area contributed by atoms with Gasteiger partial charge in [-0.25, -0.2) is 15.0 Å². The summed E-state index contributed by atoms with van der Waals surface area (Å²) in [5.74, 6) is 0.545. The Morgan fingerprint density at radius 3 is 2.94 bits per heavy atom. The molecule has 1 saturated heterocycles. The van der Waals surface area contributed by atoms with Crippen LogP contribution in [-0.2, 0) is 17.9 Å². The van der Waals surface area contributed by atoms with Gasteiger partial charge in [0.25, 0.3) is 17.3 Å². The molecule has 0 spiro atoms. The number of ether oxygens (including phenoxy) is 2. The third kappa shape index (κ3) is 5.54. The smallest absolute Gasteiger partial charge is 0.388 e. The first-order chi connectivity index (χ1) is 17.4. The van der Waals surface area contributed by atoms with Crippen molar-refractivity contribution in [3.05, 3.63) is 40.6 Å². The molecule has 0 saturated carbocycles. The molecule has 2 aliphatic heterocycles. The second-order valence-electron chi connectivity index (χ2n) is 8.56. The van der Waals surface area contributed by atoms with Gasteiger partial charge in [0.1, 0.15) is 5.52 Å². The van der Waals surface area contributed by atoms with E-state index < -0.39 is 6.61 Å². The summed E-state index contributed by atoms with van der Waals surface area (Å²) in [5, 5.41) is 6.03. The van der Waals surface area contributed by atoms with E-state index in [1.165, 1.54) is 22.9 Å². The monoisotopic (exact) mass is 502 g/mol. The van der Waals surface area contributed by atoms with Gasteiger partial charge in [0.15, 0.2) is 18.1 Å². The Bertz CT molecular complexity index is 1320. The van der Waals surface area contributed by atoms with Crippen LogP contribution in [0.2, 0.25) is 0 Å². The fraction of sp³-hybridized carbons (Fsp3) is 0.455. The summed E-state index contributed by atoms with van der Waals surface area (Å²) in [7, 11) is 0. The predicted octanol–water partition coefficient (Wildman–Crippen LogP) is 0.626. The molecule has 2 aliphatic rings. The first-order valence-corrected chi connectivity index (χ1v) is 11.5. The number of hydrogen-bond donors (Lipinski definition) is 2. The Morgan fingerprint density at radius 2 is 2.08 bits per heavy atom. The molecule has 3 aromatic heterocycles. The minimum absolute atomic E-state index is 0.0614. The Hall–Kier alpha value is -3.78. The van der Waals surface area contributed by atoms with Gasteiger partial charge >= 0.3 is 6.61 Å². The fourth-order valence-electron chi connectivity index (χ4n) is 4.31. The normalized spacial score (nSPS) is 17.8. The Kier molecular flexibility index (Phi) is 6.95. The summed E-state index contributed by atoms with van der Waals surface area (Å²) in [6, 6.07) is 2.80. The van der Waals surface area contributed by atoms with Crippen molar-refractivity contribution in [1.82, 2.24) is 34.7 Å². The van der Waals surface area contributed by atoms with Crippen LogP contribution in [0.4, 0.5) is 14.6 Å². The molecule has 0 radical (unpaired) electrons. The van der Waals surface area contributed by atoms with Gasteiger partial charge in [-0.3, -0.25) is 14.2 Å². The molecule has 0 unspecified atom stereocenters. The van der Waals surface area contributed by atoms with Crippen molar-refractivity contribution in [1.29, 1.82) is 0 Å². The number of carbonyl (C=O) groups excluding carboxylic acids is 1. The van der Waals surface area contributed by atoms with E-state index >= 15 is 0 Å². The van der Waals surface area contributed by atoms with Gasteiger partial charge in [0, 0.05) is 32.2 Å². The molecule has 0 aromatic carbocycles. The van der Waals surface area contributed by atoms with E-state index in [0.29, 0.717) is 48.5 Å². The highest BCUT2D eigenvalue weighted by molar-refractivity contribution is 5.93. The third-order valence-electron chi connectivity index (χ3n) is 6.01. The van der Waals surface area contributed by atoms with Crippen LogP contribution in [0.3, 0.4) is 0 Å². The van der Waals surface area contributed by atoms with E-state index in [1.54, 1.807) is 6.20 Å². The zero-order valence-electron chi connectivity index (χ0n) is 19.2. The number of rotatable bonds is 9. The third-order valence-corrected chi connectivity index (χ3v) is 6.01. The molecule has 1 atom stereocenters. The van der Waals surface area contributed by atoms with Gasteiger partial charge in [-0.2, -0.15) is 13.8 Å². The number of nitrogens with one attached hydrogen (secondary N) is 2. The molecule has 12 nitrogen and oxygen atoms in total. The van der Waals surface area contributed by atoms with Gasteiger partial charge < -0.3 is 25.0 Å². The minimum Gasteiger partial charge on any atom is -0.465 e. The van der Waals surface area contributed by atoms with Crippen LogP contribution < -0.4 is 25.7 Å². The number of nitrogens with zero attached hydrogens (tertiary/aromatic N) is 6. The van der Waals surface area contributed by atoms with Crippen molar-refractivity contribution in [2.24, 2.45) is 5.92 Å². The van der Waals surface area contributed by atoms with Crippen LogP contribution in [0, 0.1) is 5.92 Å². The van der Waals surface area contributed by atoms with E-state index in [9.17, 15) is 18.4 Å². The number of fused-ring (bicyclic) bond motifs is 2. The summed E-state index contributed by atoms with van der Waals surface area (Å²) in [4.78, 5) is 42.8. The number of halogens is 2. The Morgan fingerprint density at radius 1 is 1.19 bits per heavy atom. The van der Waals surface area contributed by atoms with E-state index in [1.807, 2.05) is 0 Å². The molecule has 36 heavy (non-hydrogen) atoms. The van der Waals surface area contributed by atoms with Gasteiger partial charge in [-0.05, 0) is 31.5 Å². The van der Waals surface area contributed by atoms with Crippen LogP contribution in [0.5, 0.6) is 11.8 Å². The summed E-state index contributed by atoms with van der Waals surface area (Å²) in [5.41, 5.74) is 0.984. The summed E-state index contributed by atoms with van der Waals surface area (Å²) >= 11 is 0. The van der Waals surface area contributed by atoms with E-state index in [4.69, 9.17) is 4.74 Å². The van der Waals surface area contributed by atoms with E-state index in [2.05, 4.69) is 40.2 Å². The predicted molar refractivity (Wildman–Crippen MR) is 123 cm³/mol. The number of amides is 1. The van der Waals surface area contributed by atoms with Crippen LogP contribution >= 0.6 is 0 Å². The maximum atomic E-state index is 12.6. The van der Waals surface area contributed by atoms with Crippen LogP contribution in [-0.4, -0.2) is 74.7 Å². The number of carbonyl (C=O) groups is 1. The SMILES string of the molecule is O=C1COc2ncc(CNC[C@@H]3CCN(CCn4c(=O)cnc5ccc(OC(F)F)nc54)C3)nc2N1. The second kappa shape index (κ2) is 10.5. The minimum atomic E-state index is -3.00. The lowest BCUT2D eigenvalue weighted by atomic mass is 10.1. The zero-order chi connectivity index (χ0) is 25.1. The number of alkyl halides is 2. The number of likely N-dealkylation sites (tertiary alicyclic amines) is 1. The number of pyridine rings is 1. The van der Waals surface area contributed by atoms with Crippen LogP contribution in [0.15, 0.2) is 29.3 Å². The quantitative estimate of drug-likeness (QED) is 0.429. The number of anilines is 1. The van der Waals surface area contributed by atoms with Crippen molar-refractivity contribution < 1.29 is 23.0 Å². The molecule has 3 aromatic rings. The number of aromatic nitrogens is 5. The molecule has 14 heteroatoms. The highest BCUT2D eigenvalue weighted by atomic mass is 19.3. The van der Waals surface area contributed by atoms with Gasteiger partial charge in [0.05, 0.1) is 18.1 Å². The molecule has 0 bridgehead atoms. The Balaban J connectivity index is 1.13. The van der Waals surface area contributed by atoms with Crippen molar-refractivity contribution in [3.63, 3.8) is 0 Å². The molecular formula is C22H24F2N8O4. The molecule has 2 N–H and O–H groups in total. The summed E-state index contributed by atoms with van der Waals surface area (Å²) in [6.45, 7) is 0.877. The average molecular weight is 502 g/mol. The lowest BCUT2D eigenvalue weighted by molar-refractivity contribution is -0.118. The lowest BCUT2D eigenvalue weighted by Gasteiger charge is -2.18. The maximum Gasteiger partial charge on any atom is 0.388 e. The first-order valence-electron chi connectivity index (χ1n) is 11.5. The lowest BCUT2D eigenvalue weighted by Crippen LogP contribution is -2.31. The van der Waals surface area contributed by atoms with Crippen LogP contribution in [0.25, 0.3) is 11.2 Å². The second-order valence-corrected chi connectivity index (χ2v) is 8.56. The average Bonchev–Trinajstić information content (AvgIpc) is 3.30. The molecule has 1 amide bonds. The highest BCUT2D eigenvalue weighted by Crippen LogP contribution is 2.22. The van der Waals surface area contributed by atoms with Crippen LogP contribution in [0.1, 0.15) is 12.1 Å². The molecule has 5 rings (SSSR count). The standard InChI is InChI=1S/C22H24F2N8O4/c23-22(24)36-17-2-1-15-20(30-17)32(18(34)10-26-15)6-5-31-4-3-13(11-31)7-25-8-14-9-27-21-19(28-14)29-16(33)12-35-21/h1-2,9-10,13,22,25H,3-8,11-12H2,(H,28,29,33)/t13-/m0/s1. The topological polar surface area (TPSA) is 136 Å². The van der Waals surface area contributed by atoms with Crippen molar-refractivity contribution in [2.75, 3.05) is 38.1 Å². The molecule has 5 heterocycles. The first kappa shape index (κ1) is 23.9. The van der Waals surface area contributed by atoms with Crippen molar-refractivity contribution >= 4 is 22.9 Å². The summed E-state index contributed by atoms with van der Waals surface area (Å²) < 4.78 is 36.2. The zero-order valence-corrected chi connectivity index (χ0v) is 19.2. The largest absolute Gasteiger partial charge is 0.465 e. The maximum absolute atomic E-state index is 12.6. The van der Waals surface area contributed by atoms with E-state index in [-0.39, 0.29) is 29.6 Å². The molecular weight excluding hydrogens is 478 g/mol. The molecule has 190 valence electrons. The van der Waals surface area contributed by atoms with Gasteiger partial charge in [-0.1, -0.05) is 0 Å². The fourth-order valence-corrected chi connectivity index (χ4v) is 4.31. The van der Waals surface area contributed by atoms with Gasteiger partial charge in [-0.15, -0.1) is 0 Å². The van der Waals surface area contributed by atoms with E-state index in [0.717, 1.165) is 26.1 Å². The summed E-state index contributed by atoms with van der Waals surface area (Å²) in [6.07, 6.45) is 3.81. The van der Waals surface area contributed by atoms with Gasteiger partial charge in [0.2, 0.25) is 5.88 Å². The highest BCUT2D eigenvalue weighted by Gasteiger charge is 2.23. The molecule has 0 aliphatic carbocycles.